The van der Waals surface area contributed by atoms with Crippen LogP contribution in [0.5, 0.6) is 0 Å². The number of nitrogens with zero attached hydrogens (tertiary/aromatic N) is 1. The highest BCUT2D eigenvalue weighted by Crippen LogP contribution is 2.34. The maximum atomic E-state index is 13.1. The van der Waals surface area contributed by atoms with Gasteiger partial charge in [0, 0.05) is 24.7 Å². The van der Waals surface area contributed by atoms with E-state index in [0.717, 1.165) is 18.0 Å². The highest BCUT2D eigenvalue weighted by Gasteiger charge is 2.32. The third kappa shape index (κ3) is 3.77. The van der Waals surface area contributed by atoms with Gasteiger partial charge >= 0.3 is 0 Å². The summed E-state index contributed by atoms with van der Waals surface area (Å²) in [6.07, 6.45) is 2.66. The van der Waals surface area contributed by atoms with Crippen LogP contribution in [0.25, 0.3) is 0 Å². The normalized spacial score (nSPS) is 18.9. The van der Waals surface area contributed by atoms with Crippen LogP contribution < -0.4 is 5.73 Å². The van der Waals surface area contributed by atoms with Crippen molar-refractivity contribution in [1.82, 2.24) is 4.90 Å². The van der Waals surface area contributed by atoms with E-state index in [-0.39, 0.29) is 17.9 Å². The quantitative estimate of drug-likeness (QED) is 0.854. The van der Waals surface area contributed by atoms with E-state index < -0.39 is 0 Å². The van der Waals surface area contributed by atoms with Crippen LogP contribution >= 0.6 is 0 Å². The van der Waals surface area contributed by atoms with Gasteiger partial charge in [0.2, 0.25) is 0 Å². The van der Waals surface area contributed by atoms with Crippen LogP contribution in [0.3, 0.4) is 0 Å². The summed E-state index contributed by atoms with van der Waals surface area (Å²) < 4.78 is 13.1. The van der Waals surface area contributed by atoms with Gasteiger partial charge in [-0.1, -0.05) is 12.1 Å². The smallest absolute Gasteiger partial charge is 0.123 e. The predicted molar refractivity (Wildman–Crippen MR) is 77.4 cm³/mol. The molecule has 2 N–H and O–H groups in total. The lowest BCUT2D eigenvalue weighted by molar-refractivity contribution is 0.129. The van der Waals surface area contributed by atoms with Crippen LogP contribution in [0, 0.1) is 11.7 Å². The Morgan fingerprint density at radius 2 is 1.79 bits per heavy atom. The number of benzene rings is 1. The lowest BCUT2D eigenvalue weighted by atomic mass is 9.97. The minimum Gasteiger partial charge on any atom is -0.326 e. The van der Waals surface area contributed by atoms with Crippen molar-refractivity contribution in [3.8, 4) is 0 Å². The summed E-state index contributed by atoms with van der Waals surface area (Å²) in [4.78, 5) is 2.47. The van der Waals surface area contributed by atoms with Crippen molar-refractivity contribution in [2.24, 2.45) is 11.7 Å². The molecular formula is C16H25FN2. The van der Waals surface area contributed by atoms with Crippen molar-refractivity contribution in [2.75, 3.05) is 6.54 Å². The molecule has 0 heterocycles. The van der Waals surface area contributed by atoms with Gasteiger partial charge in [-0.3, -0.25) is 4.90 Å². The van der Waals surface area contributed by atoms with Crippen LogP contribution in [-0.4, -0.2) is 23.5 Å². The van der Waals surface area contributed by atoms with Gasteiger partial charge in [-0.05, 0) is 57.2 Å². The average Bonchev–Trinajstić information content (AvgIpc) is 3.14. The van der Waals surface area contributed by atoms with Gasteiger partial charge in [0.15, 0.2) is 0 Å². The average molecular weight is 264 g/mol. The van der Waals surface area contributed by atoms with E-state index in [0.29, 0.717) is 6.04 Å². The molecule has 1 saturated carbocycles. The van der Waals surface area contributed by atoms with Crippen molar-refractivity contribution >= 4 is 0 Å². The summed E-state index contributed by atoms with van der Waals surface area (Å²) in [5, 5.41) is 0. The molecule has 1 aliphatic rings. The topological polar surface area (TPSA) is 29.3 Å². The number of nitrogens with two attached hydrogens (primary N) is 1. The Kier molecular flexibility index (Phi) is 4.58. The van der Waals surface area contributed by atoms with Crippen molar-refractivity contribution < 1.29 is 4.39 Å². The molecule has 0 saturated heterocycles. The van der Waals surface area contributed by atoms with Gasteiger partial charge < -0.3 is 5.73 Å². The zero-order valence-corrected chi connectivity index (χ0v) is 12.1. The number of hydrogen-bond donors (Lipinski definition) is 1. The first-order chi connectivity index (χ1) is 8.99. The van der Waals surface area contributed by atoms with E-state index in [1.54, 1.807) is 0 Å². The second-order valence-corrected chi connectivity index (χ2v) is 6.09. The number of hydrogen-bond acceptors (Lipinski definition) is 2. The summed E-state index contributed by atoms with van der Waals surface area (Å²) >= 11 is 0. The first-order valence-corrected chi connectivity index (χ1v) is 7.26. The fraction of sp³-hybridized carbons (Fsp3) is 0.625. The summed E-state index contributed by atoms with van der Waals surface area (Å²) in [6.45, 7) is 7.56. The molecule has 2 atom stereocenters. The first kappa shape index (κ1) is 14.5. The third-order valence-electron chi connectivity index (χ3n) is 3.90. The second kappa shape index (κ2) is 6.02. The summed E-state index contributed by atoms with van der Waals surface area (Å²) in [6, 6.07) is 7.44. The van der Waals surface area contributed by atoms with Gasteiger partial charge in [-0.25, -0.2) is 4.39 Å². The standard InChI is InChI=1S/C16H25FN2/c1-11(2)19(10-13-4-5-13)16(12(3)18)14-6-8-15(17)9-7-14/h6-9,11-13,16H,4-5,10,18H2,1-3H3. The molecule has 2 unspecified atom stereocenters. The Labute approximate surface area is 115 Å². The van der Waals surface area contributed by atoms with E-state index in [2.05, 4.69) is 18.7 Å². The van der Waals surface area contributed by atoms with Crippen LogP contribution in [0.2, 0.25) is 0 Å². The lowest BCUT2D eigenvalue weighted by Crippen LogP contribution is -2.44. The largest absolute Gasteiger partial charge is 0.326 e. The van der Waals surface area contributed by atoms with E-state index in [1.807, 2.05) is 19.1 Å². The Morgan fingerprint density at radius 3 is 2.21 bits per heavy atom. The molecule has 0 radical (unpaired) electrons. The zero-order chi connectivity index (χ0) is 14.0. The predicted octanol–water partition coefficient (Wildman–Crippen LogP) is 3.33. The Bertz CT molecular complexity index is 396. The Hall–Kier alpha value is -0.930. The SMILES string of the molecule is CC(N)C(c1ccc(F)cc1)N(CC1CC1)C(C)C. The molecule has 1 aromatic carbocycles. The van der Waals surface area contributed by atoms with E-state index in [1.165, 1.54) is 25.0 Å². The molecule has 0 aliphatic heterocycles. The molecule has 1 aromatic rings. The van der Waals surface area contributed by atoms with Crippen LogP contribution in [-0.2, 0) is 0 Å². The molecule has 0 amide bonds. The van der Waals surface area contributed by atoms with E-state index >= 15 is 0 Å². The first-order valence-electron chi connectivity index (χ1n) is 7.26. The fourth-order valence-electron chi connectivity index (χ4n) is 2.70. The van der Waals surface area contributed by atoms with Gasteiger partial charge in [0.25, 0.3) is 0 Å². The molecule has 106 valence electrons. The van der Waals surface area contributed by atoms with Crippen LogP contribution in [0.1, 0.15) is 45.2 Å². The molecular weight excluding hydrogens is 239 g/mol. The van der Waals surface area contributed by atoms with E-state index in [9.17, 15) is 4.39 Å². The van der Waals surface area contributed by atoms with Gasteiger partial charge in [0.05, 0.1) is 0 Å². The maximum absolute atomic E-state index is 13.1. The summed E-state index contributed by atoms with van der Waals surface area (Å²) in [7, 11) is 0. The molecule has 0 aromatic heterocycles. The molecule has 1 fully saturated rings. The summed E-state index contributed by atoms with van der Waals surface area (Å²) in [5.41, 5.74) is 7.32. The van der Waals surface area contributed by atoms with Crippen molar-refractivity contribution in [3.63, 3.8) is 0 Å². The highest BCUT2D eigenvalue weighted by atomic mass is 19.1. The Morgan fingerprint density at radius 1 is 1.21 bits per heavy atom. The van der Waals surface area contributed by atoms with Gasteiger partial charge in [0.1, 0.15) is 5.82 Å². The van der Waals surface area contributed by atoms with E-state index in [4.69, 9.17) is 5.73 Å². The van der Waals surface area contributed by atoms with Crippen LogP contribution in [0.15, 0.2) is 24.3 Å². The molecule has 1 aliphatic carbocycles. The zero-order valence-electron chi connectivity index (χ0n) is 12.1. The lowest BCUT2D eigenvalue weighted by Gasteiger charge is -2.37. The Balaban J connectivity index is 2.23. The molecule has 2 rings (SSSR count). The maximum Gasteiger partial charge on any atom is 0.123 e. The van der Waals surface area contributed by atoms with Crippen molar-refractivity contribution in [1.29, 1.82) is 0 Å². The summed E-state index contributed by atoms with van der Waals surface area (Å²) in [5.74, 6) is 0.634. The highest BCUT2D eigenvalue weighted by molar-refractivity contribution is 5.21. The third-order valence-corrected chi connectivity index (χ3v) is 3.90. The minimum atomic E-state index is -0.189. The number of halogens is 1. The number of rotatable bonds is 6. The van der Waals surface area contributed by atoms with Gasteiger partial charge in [-0.2, -0.15) is 0 Å². The molecule has 0 spiro atoms. The second-order valence-electron chi connectivity index (χ2n) is 6.09. The van der Waals surface area contributed by atoms with Crippen molar-refractivity contribution in [3.05, 3.63) is 35.6 Å². The molecule has 19 heavy (non-hydrogen) atoms. The monoisotopic (exact) mass is 264 g/mol. The van der Waals surface area contributed by atoms with Crippen molar-refractivity contribution in [2.45, 2.75) is 51.7 Å². The van der Waals surface area contributed by atoms with Gasteiger partial charge in [-0.15, -0.1) is 0 Å². The molecule has 0 bridgehead atoms. The molecule has 3 heteroatoms. The fourth-order valence-corrected chi connectivity index (χ4v) is 2.70. The van der Waals surface area contributed by atoms with Crippen LogP contribution in [0.4, 0.5) is 4.39 Å². The molecule has 2 nitrogen and oxygen atoms in total. The minimum absolute atomic E-state index is 0.0339.